The van der Waals surface area contributed by atoms with Crippen molar-refractivity contribution in [1.29, 1.82) is 0 Å². The molecule has 0 radical (unpaired) electrons. The van der Waals surface area contributed by atoms with E-state index in [-0.39, 0.29) is 5.41 Å². The highest BCUT2D eigenvalue weighted by atomic mass is 127. The second-order valence-corrected chi connectivity index (χ2v) is 6.60. The first kappa shape index (κ1) is 13.9. The van der Waals surface area contributed by atoms with Crippen molar-refractivity contribution in [2.75, 3.05) is 17.7 Å². The standard InChI is InChI=1S/C14H21IN2O/c1-4-18-13-8-12(14(13,2)3)17-11-6-5-9(16)7-10(11)15/h5-7,12-13,17H,4,8,16H2,1-3H3. The van der Waals surface area contributed by atoms with Gasteiger partial charge in [0, 0.05) is 33.0 Å². The predicted octanol–water partition coefficient (Wildman–Crippen LogP) is 3.49. The molecule has 1 fully saturated rings. The fourth-order valence-corrected chi connectivity index (χ4v) is 3.15. The average Bonchev–Trinajstić information content (AvgIpc) is 2.30. The van der Waals surface area contributed by atoms with Crippen molar-refractivity contribution >= 4 is 34.0 Å². The van der Waals surface area contributed by atoms with Crippen LogP contribution in [0.1, 0.15) is 27.2 Å². The van der Waals surface area contributed by atoms with Crippen LogP contribution in [0.5, 0.6) is 0 Å². The molecule has 2 rings (SSSR count). The Balaban J connectivity index is 2.03. The molecular weight excluding hydrogens is 339 g/mol. The molecule has 0 aliphatic heterocycles. The zero-order valence-electron chi connectivity index (χ0n) is 11.2. The van der Waals surface area contributed by atoms with Crippen LogP contribution in [0.15, 0.2) is 18.2 Å². The van der Waals surface area contributed by atoms with Gasteiger partial charge in [0.2, 0.25) is 0 Å². The van der Waals surface area contributed by atoms with E-state index in [9.17, 15) is 0 Å². The molecule has 1 aliphatic rings. The molecule has 0 amide bonds. The van der Waals surface area contributed by atoms with E-state index in [0.717, 1.165) is 24.4 Å². The third-order valence-corrected chi connectivity index (χ3v) is 4.76. The maximum Gasteiger partial charge on any atom is 0.0665 e. The van der Waals surface area contributed by atoms with Crippen molar-refractivity contribution in [3.8, 4) is 0 Å². The zero-order chi connectivity index (χ0) is 13.3. The van der Waals surface area contributed by atoms with E-state index in [1.54, 1.807) is 0 Å². The van der Waals surface area contributed by atoms with Crippen LogP contribution >= 0.6 is 22.6 Å². The van der Waals surface area contributed by atoms with E-state index in [0.29, 0.717) is 12.1 Å². The van der Waals surface area contributed by atoms with Gasteiger partial charge in [-0.1, -0.05) is 13.8 Å². The normalized spacial score (nSPS) is 25.6. The van der Waals surface area contributed by atoms with Gasteiger partial charge in [0.25, 0.3) is 0 Å². The van der Waals surface area contributed by atoms with Crippen LogP contribution < -0.4 is 11.1 Å². The third-order valence-electron chi connectivity index (χ3n) is 3.87. The van der Waals surface area contributed by atoms with E-state index in [4.69, 9.17) is 10.5 Å². The average molecular weight is 360 g/mol. The van der Waals surface area contributed by atoms with E-state index < -0.39 is 0 Å². The van der Waals surface area contributed by atoms with Crippen molar-refractivity contribution in [2.24, 2.45) is 5.41 Å². The van der Waals surface area contributed by atoms with Gasteiger partial charge in [0.1, 0.15) is 0 Å². The Morgan fingerprint density at radius 1 is 1.50 bits per heavy atom. The summed E-state index contributed by atoms with van der Waals surface area (Å²) in [7, 11) is 0. The lowest BCUT2D eigenvalue weighted by molar-refractivity contribution is -0.0976. The molecule has 1 saturated carbocycles. The number of nitrogens with one attached hydrogen (secondary N) is 1. The van der Waals surface area contributed by atoms with Gasteiger partial charge in [-0.05, 0) is 54.1 Å². The molecule has 0 spiro atoms. The van der Waals surface area contributed by atoms with Crippen molar-refractivity contribution < 1.29 is 4.74 Å². The molecule has 4 heteroatoms. The Morgan fingerprint density at radius 2 is 2.22 bits per heavy atom. The minimum atomic E-state index is 0.181. The molecular formula is C14H21IN2O. The Bertz CT molecular complexity index is 434. The van der Waals surface area contributed by atoms with Crippen molar-refractivity contribution in [1.82, 2.24) is 0 Å². The molecule has 3 N–H and O–H groups in total. The van der Waals surface area contributed by atoms with Crippen LogP contribution in [0.3, 0.4) is 0 Å². The summed E-state index contributed by atoms with van der Waals surface area (Å²) in [5.41, 5.74) is 7.92. The summed E-state index contributed by atoms with van der Waals surface area (Å²) in [6, 6.07) is 6.46. The molecule has 0 aromatic heterocycles. The Hall–Kier alpha value is -0.490. The highest BCUT2D eigenvalue weighted by Gasteiger charge is 2.48. The van der Waals surface area contributed by atoms with E-state index >= 15 is 0 Å². The maximum atomic E-state index is 5.77. The number of nitrogen functional groups attached to an aromatic ring is 1. The summed E-state index contributed by atoms with van der Waals surface area (Å²) in [5.74, 6) is 0. The second-order valence-electron chi connectivity index (χ2n) is 5.44. The fourth-order valence-electron chi connectivity index (χ4n) is 2.45. The number of hydrogen-bond donors (Lipinski definition) is 2. The number of rotatable bonds is 4. The number of hydrogen-bond acceptors (Lipinski definition) is 3. The molecule has 1 aromatic rings. The molecule has 0 bridgehead atoms. The lowest BCUT2D eigenvalue weighted by Gasteiger charge is -2.52. The number of benzene rings is 1. The highest BCUT2D eigenvalue weighted by Crippen LogP contribution is 2.44. The molecule has 100 valence electrons. The molecule has 2 unspecified atom stereocenters. The van der Waals surface area contributed by atoms with Crippen LogP contribution in [0.25, 0.3) is 0 Å². The van der Waals surface area contributed by atoms with E-state index in [2.05, 4.69) is 54.7 Å². The SMILES string of the molecule is CCOC1CC(Nc2ccc(N)cc2I)C1(C)C. The molecule has 1 aromatic carbocycles. The summed E-state index contributed by atoms with van der Waals surface area (Å²) >= 11 is 2.32. The maximum absolute atomic E-state index is 5.77. The van der Waals surface area contributed by atoms with Crippen molar-refractivity contribution in [3.63, 3.8) is 0 Å². The van der Waals surface area contributed by atoms with Gasteiger partial charge in [0.05, 0.1) is 6.10 Å². The van der Waals surface area contributed by atoms with Gasteiger partial charge < -0.3 is 15.8 Å². The Kier molecular flexibility index (Phi) is 4.06. The molecule has 3 nitrogen and oxygen atoms in total. The minimum Gasteiger partial charge on any atom is -0.399 e. The van der Waals surface area contributed by atoms with E-state index in [1.807, 2.05) is 12.1 Å². The zero-order valence-corrected chi connectivity index (χ0v) is 13.3. The summed E-state index contributed by atoms with van der Waals surface area (Å²) in [6.45, 7) is 7.37. The molecule has 18 heavy (non-hydrogen) atoms. The number of nitrogens with two attached hydrogens (primary N) is 1. The summed E-state index contributed by atoms with van der Waals surface area (Å²) in [4.78, 5) is 0. The lowest BCUT2D eigenvalue weighted by atomic mass is 9.64. The summed E-state index contributed by atoms with van der Waals surface area (Å²) < 4.78 is 6.92. The monoisotopic (exact) mass is 360 g/mol. The third kappa shape index (κ3) is 2.59. The number of ether oxygens (including phenoxy) is 1. The highest BCUT2D eigenvalue weighted by molar-refractivity contribution is 14.1. The fraction of sp³-hybridized carbons (Fsp3) is 0.571. The predicted molar refractivity (Wildman–Crippen MR) is 84.8 cm³/mol. The van der Waals surface area contributed by atoms with Gasteiger partial charge in [-0.15, -0.1) is 0 Å². The first-order valence-electron chi connectivity index (χ1n) is 6.38. The van der Waals surface area contributed by atoms with Crippen LogP contribution in [-0.4, -0.2) is 18.8 Å². The Labute approximate surface area is 123 Å². The Morgan fingerprint density at radius 3 is 2.78 bits per heavy atom. The van der Waals surface area contributed by atoms with Crippen LogP contribution in [0.4, 0.5) is 11.4 Å². The van der Waals surface area contributed by atoms with Crippen LogP contribution in [0.2, 0.25) is 0 Å². The van der Waals surface area contributed by atoms with Crippen LogP contribution in [-0.2, 0) is 4.74 Å². The van der Waals surface area contributed by atoms with Crippen molar-refractivity contribution in [3.05, 3.63) is 21.8 Å². The lowest BCUT2D eigenvalue weighted by Crippen LogP contribution is -2.58. The second kappa shape index (κ2) is 5.25. The van der Waals surface area contributed by atoms with Crippen molar-refractivity contribution in [2.45, 2.75) is 39.3 Å². The first-order chi connectivity index (χ1) is 8.45. The van der Waals surface area contributed by atoms with Gasteiger partial charge >= 0.3 is 0 Å². The minimum absolute atomic E-state index is 0.181. The van der Waals surface area contributed by atoms with Gasteiger partial charge in [-0.2, -0.15) is 0 Å². The van der Waals surface area contributed by atoms with Gasteiger partial charge in [0.15, 0.2) is 0 Å². The van der Waals surface area contributed by atoms with Gasteiger partial charge in [-0.3, -0.25) is 0 Å². The van der Waals surface area contributed by atoms with Crippen LogP contribution in [0, 0.1) is 8.99 Å². The molecule has 2 atom stereocenters. The molecule has 0 saturated heterocycles. The number of anilines is 2. The van der Waals surface area contributed by atoms with Gasteiger partial charge in [-0.25, -0.2) is 0 Å². The molecule has 1 aliphatic carbocycles. The number of halogens is 1. The largest absolute Gasteiger partial charge is 0.399 e. The first-order valence-corrected chi connectivity index (χ1v) is 7.46. The topological polar surface area (TPSA) is 47.3 Å². The molecule has 0 heterocycles. The summed E-state index contributed by atoms with van der Waals surface area (Å²) in [5, 5.41) is 3.61. The quantitative estimate of drug-likeness (QED) is 0.638. The smallest absolute Gasteiger partial charge is 0.0665 e. The van der Waals surface area contributed by atoms with E-state index in [1.165, 1.54) is 3.57 Å². The summed E-state index contributed by atoms with van der Waals surface area (Å²) in [6.07, 6.45) is 1.44.